The number of nitrogens with one attached hydrogen (secondary N) is 2. The molecule has 2 N–H and O–H groups in total. The Kier molecular flexibility index (Phi) is 6.45. The Balaban J connectivity index is 1.28. The molecule has 0 bridgehead atoms. The number of urea groups is 1. The van der Waals surface area contributed by atoms with Gasteiger partial charge in [-0.2, -0.15) is 0 Å². The van der Waals surface area contributed by atoms with Crippen molar-refractivity contribution in [2.45, 2.75) is 38.3 Å². The number of hydrogen-bond donors (Lipinski definition) is 2. The molecule has 0 aromatic heterocycles. The van der Waals surface area contributed by atoms with Gasteiger partial charge in [0.05, 0.1) is 13.3 Å². The highest BCUT2D eigenvalue weighted by Crippen LogP contribution is 2.29. The second-order valence-electron chi connectivity index (χ2n) is 8.49. The van der Waals surface area contributed by atoms with E-state index in [1.165, 1.54) is 0 Å². The number of hydrogen-bond acceptors (Lipinski definition) is 5. The molecule has 3 heterocycles. The van der Waals surface area contributed by atoms with Crippen LogP contribution in [0.3, 0.4) is 0 Å². The van der Waals surface area contributed by atoms with E-state index in [4.69, 9.17) is 11.6 Å². The molecule has 10 heteroatoms. The van der Waals surface area contributed by atoms with Gasteiger partial charge in [-0.1, -0.05) is 18.5 Å². The van der Waals surface area contributed by atoms with Crippen LogP contribution in [0.2, 0.25) is 5.02 Å². The fourth-order valence-electron chi connectivity index (χ4n) is 4.48. The summed E-state index contributed by atoms with van der Waals surface area (Å²) < 4.78 is 0. The predicted molar refractivity (Wildman–Crippen MR) is 122 cm³/mol. The maximum absolute atomic E-state index is 13.0. The highest BCUT2D eigenvalue weighted by Gasteiger charge is 2.41. The maximum atomic E-state index is 13.0. The highest BCUT2D eigenvalue weighted by atomic mass is 35.5. The van der Waals surface area contributed by atoms with Crippen LogP contribution < -0.4 is 10.6 Å². The summed E-state index contributed by atoms with van der Waals surface area (Å²) in [5.74, 6) is -0.0130. The van der Waals surface area contributed by atoms with Crippen molar-refractivity contribution in [2.75, 3.05) is 38.8 Å². The van der Waals surface area contributed by atoms with E-state index in [-0.39, 0.29) is 17.9 Å². The number of piperidine rings is 1. The van der Waals surface area contributed by atoms with Gasteiger partial charge >= 0.3 is 6.03 Å². The Hall–Kier alpha value is -2.94. The minimum absolute atomic E-state index is 0.0751. The third kappa shape index (κ3) is 4.62. The van der Waals surface area contributed by atoms with E-state index >= 15 is 0 Å². The molecule has 0 spiro atoms. The summed E-state index contributed by atoms with van der Waals surface area (Å²) >= 11 is 5.87. The fraction of sp³-hybridized carbons (Fsp3) is 0.500. The van der Waals surface area contributed by atoms with Crippen LogP contribution >= 0.6 is 11.6 Å². The Morgan fingerprint density at radius 2 is 1.84 bits per heavy atom. The van der Waals surface area contributed by atoms with Gasteiger partial charge in [0, 0.05) is 43.1 Å². The molecule has 1 aromatic rings. The van der Waals surface area contributed by atoms with E-state index in [0.717, 1.165) is 25.2 Å². The van der Waals surface area contributed by atoms with Crippen LogP contribution in [-0.2, 0) is 9.59 Å². The van der Waals surface area contributed by atoms with Crippen LogP contribution in [-0.4, -0.2) is 83.0 Å². The van der Waals surface area contributed by atoms with Crippen molar-refractivity contribution in [3.8, 4) is 0 Å². The van der Waals surface area contributed by atoms with Gasteiger partial charge in [0.15, 0.2) is 0 Å². The zero-order chi connectivity index (χ0) is 22.8. The molecule has 172 valence electrons. The zero-order valence-corrected chi connectivity index (χ0v) is 19.1. The minimum atomic E-state index is -0.599. The number of halogens is 1. The summed E-state index contributed by atoms with van der Waals surface area (Å²) in [7, 11) is 1.96. The molecule has 2 fully saturated rings. The summed E-state index contributed by atoms with van der Waals surface area (Å²) in [4.78, 5) is 45.9. The van der Waals surface area contributed by atoms with Gasteiger partial charge in [0.25, 0.3) is 5.91 Å². The van der Waals surface area contributed by atoms with Gasteiger partial charge in [0.1, 0.15) is 11.7 Å². The van der Waals surface area contributed by atoms with E-state index in [1.54, 1.807) is 29.2 Å². The normalized spacial score (nSPS) is 19.7. The molecule has 0 saturated carbocycles. The molecule has 1 atom stereocenters. The van der Waals surface area contributed by atoms with Crippen molar-refractivity contribution in [1.29, 1.82) is 0 Å². The molecule has 3 aliphatic rings. The number of carbonyl (C=O) groups excluding carboxylic acids is 3. The van der Waals surface area contributed by atoms with Crippen molar-refractivity contribution in [3.63, 3.8) is 0 Å². The van der Waals surface area contributed by atoms with Crippen LogP contribution in [0.25, 0.3) is 0 Å². The van der Waals surface area contributed by atoms with E-state index in [9.17, 15) is 14.4 Å². The lowest BCUT2D eigenvalue weighted by molar-refractivity contribution is -0.135. The number of anilines is 1. The summed E-state index contributed by atoms with van der Waals surface area (Å²) in [6, 6.07) is 5.88. The van der Waals surface area contributed by atoms with Crippen LogP contribution in [0.4, 0.5) is 10.5 Å². The first-order valence-electron chi connectivity index (χ1n) is 11.0. The monoisotopic (exact) mass is 460 g/mol. The van der Waals surface area contributed by atoms with Gasteiger partial charge in [-0.3, -0.25) is 9.59 Å². The quantitative estimate of drug-likeness (QED) is 0.702. The molecule has 3 aliphatic heterocycles. The van der Waals surface area contributed by atoms with Crippen LogP contribution in [0, 0.1) is 0 Å². The van der Waals surface area contributed by atoms with E-state index in [1.807, 2.05) is 30.0 Å². The third-order valence-corrected chi connectivity index (χ3v) is 6.46. The summed E-state index contributed by atoms with van der Waals surface area (Å²) in [5.41, 5.74) is 1.36. The SMILES string of the molecule is CC[C@@H](NC(=O)Nc1ccc(Cl)cc1)C(=O)N1CCC(N2CN3CN(C)C=C3C2=O)CC1. The molecule has 4 rings (SSSR count). The van der Waals surface area contributed by atoms with Gasteiger partial charge in [0.2, 0.25) is 5.91 Å². The van der Waals surface area contributed by atoms with Gasteiger partial charge < -0.3 is 30.2 Å². The van der Waals surface area contributed by atoms with E-state index in [0.29, 0.717) is 36.9 Å². The van der Waals surface area contributed by atoms with Crippen LogP contribution in [0.1, 0.15) is 26.2 Å². The number of likely N-dealkylation sites (tertiary alicyclic amines) is 1. The molecule has 0 unspecified atom stereocenters. The fourth-order valence-corrected chi connectivity index (χ4v) is 4.61. The smallest absolute Gasteiger partial charge is 0.319 e. The average Bonchev–Trinajstić information content (AvgIpc) is 3.30. The van der Waals surface area contributed by atoms with Crippen molar-refractivity contribution in [1.82, 2.24) is 24.9 Å². The molecule has 9 nitrogen and oxygen atoms in total. The molecule has 2 saturated heterocycles. The zero-order valence-electron chi connectivity index (χ0n) is 18.4. The molecule has 0 aliphatic carbocycles. The highest BCUT2D eigenvalue weighted by molar-refractivity contribution is 6.30. The Labute approximate surface area is 192 Å². The molecule has 1 aromatic carbocycles. The minimum Gasteiger partial charge on any atom is -0.361 e. The molecule has 4 amide bonds. The summed E-state index contributed by atoms with van der Waals surface area (Å²) in [6.45, 7) is 4.36. The number of rotatable bonds is 5. The maximum Gasteiger partial charge on any atom is 0.319 e. The largest absolute Gasteiger partial charge is 0.361 e. The van der Waals surface area contributed by atoms with Crippen LogP contribution in [0.15, 0.2) is 36.2 Å². The molecular weight excluding hydrogens is 432 g/mol. The first-order chi connectivity index (χ1) is 15.4. The van der Waals surface area contributed by atoms with Crippen molar-refractivity contribution >= 4 is 35.1 Å². The van der Waals surface area contributed by atoms with Crippen molar-refractivity contribution in [2.24, 2.45) is 0 Å². The third-order valence-electron chi connectivity index (χ3n) is 6.21. The Morgan fingerprint density at radius 1 is 1.16 bits per heavy atom. The number of carbonyl (C=O) groups is 3. The standard InChI is InChI=1S/C22H29ClN6O3/c1-3-18(25-22(32)24-16-6-4-15(23)5-7-16)20(30)27-10-8-17(9-11-27)29-14-28-13-26(2)12-19(28)21(29)31/h4-7,12,17-18H,3,8-11,13-14H2,1-2H3,(H2,24,25,32)/t18-/m1/s1. The summed E-state index contributed by atoms with van der Waals surface area (Å²) in [5, 5.41) is 6.08. The summed E-state index contributed by atoms with van der Waals surface area (Å²) in [6.07, 6.45) is 3.87. The molecule has 0 radical (unpaired) electrons. The number of benzene rings is 1. The van der Waals surface area contributed by atoms with E-state index < -0.39 is 12.1 Å². The lowest BCUT2D eigenvalue weighted by Crippen LogP contribution is -2.53. The number of fused-ring (bicyclic) bond motifs is 1. The second kappa shape index (κ2) is 9.28. The first kappa shape index (κ1) is 22.3. The van der Waals surface area contributed by atoms with Gasteiger partial charge in [-0.05, 0) is 43.5 Å². The lowest BCUT2D eigenvalue weighted by Gasteiger charge is -2.38. The van der Waals surface area contributed by atoms with Gasteiger partial charge in [-0.15, -0.1) is 0 Å². The molecular formula is C22H29ClN6O3. The second-order valence-corrected chi connectivity index (χ2v) is 8.93. The average molecular weight is 461 g/mol. The van der Waals surface area contributed by atoms with Gasteiger partial charge in [-0.25, -0.2) is 4.79 Å². The Bertz CT molecular complexity index is 913. The first-order valence-corrected chi connectivity index (χ1v) is 11.3. The van der Waals surface area contributed by atoms with Crippen LogP contribution in [0.5, 0.6) is 0 Å². The number of nitrogens with zero attached hydrogens (tertiary/aromatic N) is 4. The topological polar surface area (TPSA) is 88.2 Å². The molecule has 32 heavy (non-hydrogen) atoms. The van der Waals surface area contributed by atoms with Crippen molar-refractivity contribution < 1.29 is 14.4 Å². The lowest BCUT2D eigenvalue weighted by atomic mass is 10.0. The number of amides is 4. The van der Waals surface area contributed by atoms with E-state index in [2.05, 4.69) is 15.5 Å². The Morgan fingerprint density at radius 3 is 2.47 bits per heavy atom. The predicted octanol–water partition coefficient (Wildman–Crippen LogP) is 2.08. The van der Waals surface area contributed by atoms with Crippen molar-refractivity contribution in [3.05, 3.63) is 41.2 Å².